The quantitative estimate of drug-likeness (QED) is 0.659. The summed E-state index contributed by atoms with van der Waals surface area (Å²) in [4.78, 5) is 11.0. The minimum absolute atomic E-state index is 0.00278. The highest BCUT2D eigenvalue weighted by Crippen LogP contribution is 2.35. The van der Waals surface area contributed by atoms with Gasteiger partial charge in [-0.3, -0.25) is 0 Å². The lowest BCUT2D eigenvalue weighted by molar-refractivity contribution is -0.0206. The molecule has 1 radical (unpaired) electrons. The second-order valence-electron chi connectivity index (χ2n) is 4.88. The Bertz CT molecular complexity index is 213. The van der Waals surface area contributed by atoms with E-state index in [4.69, 9.17) is 4.74 Å². The molecule has 0 amide bonds. The summed E-state index contributed by atoms with van der Waals surface area (Å²) in [5.74, 6) is 1.63. The first-order chi connectivity index (χ1) is 7.04. The summed E-state index contributed by atoms with van der Waals surface area (Å²) in [6, 6.07) is 0. The first-order valence-electron chi connectivity index (χ1n) is 5.67. The first kappa shape index (κ1) is 12.3. The van der Waals surface area contributed by atoms with Crippen LogP contribution < -0.4 is 0 Å². The Kier molecular flexibility index (Phi) is 4.43. The average molecular weight is 213 g/mol. The van der Waals surface area contributed by atoms with Gasteiger partial charge in [0, 0.05) is 0 Å². The molecule has 1 rings (SSSR count). The van der Waals surface area contributed by atoms with Gasteiger partial charge in [-0.25, -0.2) is 4.79 Å². The van der Waals surface area contributed by atoms with Gasteiger partial charge in [0.25, 0.3) is 0 Å². The van der Waals surface area contributed by atoms with Gasteiger partial charge in [-0.05, 0) is 30.6 Å². The Balaban J connectivity index is 2.57. The van der Waals surface area contributed by atoms with E-state index in [0.29, 0.717) is 17.8 Å². The second kappa shape index (κ2) is 5.38. The fraction of sp³-hybridized carbons (Fsp3) is 0.833. The molecule has 3 nitrogen and oxygen atoms in total. The molecule has 87 valence electrons. The van der Waals surface area contributed by atoms with Crippen molar-refractivity contribution in [3.8, 4) is 0 Å². The third-order valence-corrected chi connectivity index (χ3v) is 3.33. The third kappa shape index (κ3) is 3.40. The van der Waals surface area contributed by atoms with Crippen molar-refractivity contribution >= 4 is 6.16 Å². The van der Waals surface area contributed by atoms with E-state index in [-0.39, 0.29) is 6.10 Å². The van der Waals surface area contributed by atoms with Crippen LogP contribution in [0.5, 0.6) is 0 Å². The largest absolute Gasteiger partial charge is 0.508 e. The van der Waals surface area contributed by atoms with Crippen molar-refractivity contribution in [1.82, 2.24) is 0 Å². The highest BCUT2D eigenvalue weighted by molar-refractivity contribution is 5.60. The molecule has 3 atom stereocenters. The van der Waals surface area contributed by atoms with Gasteiger partial charge in [-0.15, -0.1) is 0 Å². The van der Waals surface area contributed by atoms with Crippen molar-refractivity contribution in [3.63, 3.8) is 0 Å². The lowest BCUT2D eigenvalue weighted by Gasteiger charge is -2.36. The van der Waals surface area contributed by atoms with Gasteiger partial charge in [-0.1, -0.05) is 27.2 Å². The van der Waals surface area contributed by atoms with Crippen LogP contribution in [0.3, 0.4) is 0 Å². The molecule has 2 unspecified atom stereocenters. The Labute approximate surface area is 92.1 Å². The first-order valence-corrected chi connectivity index (χ1v) is 5.67. The van der Waals surface area contributed by atoms with E-state index in [1.165, 1.54) is 6.42 Å². The zero-order chi connectivity index (χ0) is 11.4. The van der Waals surface area contributed by atoms with Gasteiger partial charge in [0.05, 0.1) is 0 Å². The average Bonchev–Trinajstić information content (AvgIpc) is 2.17. The molecule has 0 saturated heterocycles. The molecule has 0 heterocycles. The molecule has 0 aromatic rings. The molecule has 1 aliphatic carbocycles. The van der Waals surface area contributed by atoms with Crippen molar-refractivity contribution in [1.29, 1.82) is 0 Å². The van der Waals surface area contributed by atoms with E-state index >= 15 is 0 Å². The van der Waals surface area contributed by atoms with Crippen LogP contribution in [0.25, 0.3) is 0 Å². The zero-order valence-electron chi connectivity index (χ0n) is 9.86. The maximum absolute atomic E-state index is 11.0. The van der Waals surface area contributed by atoms with Gasteiger partial charge >= 0.3 is 6.16 Å². The smallest absolute Gasteiger partial charge is 0.431 e. The lowest BCUT2D eigenvalue weighted by atomic mass is 9.75. The maximum Gasteiger partial charge on any atom is 0.508 e. The number of hydrogen-bond acceptors (Lipinski definition) is 3. The van der Waals surface area contributed by atoms with Gasteiger partial charge in [0.2, 0.25) is 0 Å². The fourth-order valence-corrected chi connectivity index (χ4v) is 2.41. The summed E-state index contributed by atoms with van der Waals surface area (Å²) in [5.41, 5.74) is 0. The molecule has 0 N–H and O–H groups in total. The Morgan fingerprint density at radius 3 is 2.60 bits per heavy atom. The molecular weight excluding hydrogens is 192 g/mol. The van der Waals surface area contributed by atoms with E-state index < -0.39 is 6.16 Å². The molecule has 0 spiro atoms. The minimum Gasteiger partial charge on any atom is -0.431 e. The standard InChI is InChI=1S/C12H21O3/c1-8(2)10-6-5-9(3)7-11(10)15-12(13)14-4/h8-11H,4-7H2,1-3H3/t9-,10?,11?/m1/s1. The number of carbonyl (C=O) groups is 1. The highest BCUT2D eigenvalue weighted by Gasteiger charge is 2.33. The van der Waals surface area contributed by atoms with E-state index in [1.807, 2.05) is 0 Å². The molecule has 0 aromatic carbocycles. The predicted octanol–water partition coefficient (Wildman–Crippen LogP) is 3.39. The summed E-state index contributed by atoms with van der Waals surface area (Å²) in [6.07, 6.45) is 2.65. The molecule has 1 saturated carbocycles. The Hall–Kier alpha value is -0.730. The summed E-state index contributed by atoms with van der Waals surface area (Å²) in [5, 5.41) is 0. The molecule has 0 aromatic heterocycles. The number of carbonyl (C=O) groups excluding carboxylic acids is 1. The van der Waals surface area contributed by atoms with Crippen LogP contribution in [0.2, 0.25) is 0 Å². The summed E-state index contributed by atoms with van der Waals surface area (Å²) < 4.78 is 9.57. The Morgan fingerprint density at radius 2 is 2.07 bits per heavy atom. The van der Waals surface area contributed by atoms with E-state index in [1.54, 1.807) is 0 Å². The van der Waals surface area contributed by atoms with E-state index in [2.05, 4.69) is 32.6 Å². The molecule has 1 fully saturated rings. The van der Waals surface area contributed by atoms with Crippen molar-refractivity contribution < 1.29 is 14.3 Å². The van der Waals surface area contributed by atoms with Gasteiger partial charge in [0.15, 0.2) is 0 Å². The van der Waals surface area contributed by atoms with Gasteiger partial charge < -0.3 is 9.47 Å². The van der Waals surface area contributed by atoms with Crippen LogP contribution in [0.1, 0.15) is 40.0 Å². The zero-order valence-corrected chi connectivity index (χ0v) is 9.86. The minimum atomic E-state index is -0.653. The number of rotatable bonds is 2. The summed E-state index contributed by atoms with van der Waals surface area (Å²) in [7, 11) is 3.07. The second-order valence-corrected chi connectivity index (χ2v) is 4.88. The lowest BCUT2D eigenvalue weighted by Crippen LogP contribution is -2.35. The van der Waals surface area contributed by atoms with Crippen molar-refractivity contribution in [2.24, 2.45) is 17.8 Å². The summed E-state index contributed by atoms with van der Waals surface area (Å²) >= 11 is 0. The maximum atomic E-state index is 11.0. The van der Waals surface area contributed by atoms with Gasteiger partial charge in [-0.2, -0.15) is 0 Å². The van der Waals surface area contributed by atoms with E-state index in [9.17, 15) is 4.79 Å². The van der Waals surface area contributed by atoms with Crippen LogP contribution in [0, 0.1) is 24.9 Å². The Morgan fingerprint density at radius 1 is 1.40 bits per heavy atom. The SMILES string of the molecule is [CH2]OC(=O)OC1C[C@H](C)CCC1C(C)C. The van der Waals surface area contributed by atoms with Crippen LogP contribution in [0.15, 0.2) is 0 Å². The van der Waals surface area contributed by atoms with Crippen LogP contribution in [-0.4, -0.2) is 12.3 Å². The third-order valence-electron chi connectivity index (χ3n) is 3.33. The predicted molar refractivity (Wildman–Crippen MR) is 58.1 cm³/mol. The number of ether oxygens (including phenoxy) is 2. The monoisotopic (exact) mass is 213 g/mol. The summed E-state index contributed by atoms with van der Waals surface area (Å²) in [6.45, 7) is 6.54. The van der Waals surface area contributed by atoms with Crippen molar-refractivity contribution in [2.45, 2.75) is 46.1 Å². The van der Waals surface area contributed by atoms with Crippen LogP contribution >= 0.6 is 0 Å². The number of hydrogen-bond donors (Lipinski definition) is 0. The van der Waals surface area contributed by atoms with Crippen molar-refractivity contribution in [2.75, 3.05) is 0 Å². The van der Waals surface area contributed by atoms with Crippen LogP contribution in [0.4, 0.5) is 4.79 Å². The topological polar surface area (TPSA) is 35.5 Å². The van der Waals surface area contributed by atoms with Crippen molar-refractivity contribution in [3.05, 3.63) is 7.11 Å². The molecule has 3 heteroatoms. The molecular formula is C12H21O3. The molecule has 15 heavy (non-hydrogen) atoms. The molecule has 1 aliphatic rings. The molecule has 0 bridgehead atoms. The normalized spacial score (nSPS) is 31.4. The van der Waals surface area contributed by atoms with Crippen LogP contribution in [-0.2, 0) is 9.47 Å². The molecule has 0 aliphatic heterocycles. The fourth-order valence-electron chi connectivity index (χ4n) is 2.41. The van der Waals surface area contributed by atoms with E-state index in [0.717, 1.165) is 12.8 Å². The van der Waals surface area contributed by atoms with Gasteiger partial charge in [0.1, 0.15) is 13.2 Å². The highest BCUT2D eigenvalue weighted by atomic mass is 16.7.